The summed E-state index contributed by atoms with van der Waals surface area (Å²) in [5, 5.41) is 0. The van der Waals surface area contributed by atoms with E-state index < -0.39 is 0 Å². The number of hydrogen-bond donors (Lipinski definition) is 0. The van der Waals surface area contributed by atoms with Gasteiger partial charge in [-0.2, -0.15) is 0 Å². The van der Waals surface area contributed by atoms with Gasteiger partial charge in [0.25, 0.3) is 5.91 Å². The van der Waals surface area contributed by atoms with E-state index in [0.29, 0.717) is 5.69 Å². The molecule has 0 aliphatic carbocycles. The minimum Gasteiger partial charge on any atom is -0.367 e. The molecule has 1 aromatic heterocycles. The summed E-state index contributed by atoms with van der Waals surface area (Å²) in [4.78, 5) is 34.8. The smallest absolute Gasteiger partial charge is 0.277 e. The maximum absolute atomic E-state index is 13.0. The Kier molecular flexibility index (Phi) is 4.56. The van der Waals surface area contributed by atoms with Crippen molar-refractivity contribution in [1.82, 2.24) is 9.88 Å². The minimum atomic E-state index is -0.0552. The Balaban J connectivity index is 1.48. The number of piperazine rings is 1. The lowest BCUT2D eigenvalue weighted by Gasteiger charge is -2.35. The van der Waals surface area contributed by atoms with E-state index in [4.69, 9.17) is 0 Å². The van der Waals surface area contributed by atoms with Crippen molar-refractivity contribution in [2.75, 3.05) is 36.0 Å². The summed E-state index contributed by atoms with van der Waals surface area (Å²) in [5.41, 5.74) is 3.65. The minimum absolute atomic E-state index is 0.0552. The molecule has 0 spiro atoms. The van der Waals surface area contributed by atoms with Crippen LogP contribution in [0.3, 0.4) is 0 Å². The number of carbonyl (C=O) groups excluding carboxylic acids is 2. The molecule has 2 aliphatic heterocycles. The number of carbonyl (C=O) groups is 2. The molecule has 1 unspecified atom stereocenters. The van der Waals surface area contributed by atoms with Crippen LogP contribution in [0.25, 0.3) is 0 Å². The van der Waals surface area contributed by atoms with Crippen LogP contribution in [0.2, 0.25) is 0 Å². The summed E-state index contributed by atoms with van der Waals surface area (Å²) in [7, 11) is 0. The van der Waals surface area contributed by atoms with Gasteiger partial charge in [0, 0.05) is 44.8 Å². The summed E-state index contributed by atoms with van der Waals surface area (Å²) < 4.78 is 0. The van der Waals surface area contributed by atoms with E-state index in [-0.39, 0.29) is 17.9 Å². The maximum atomic E-state index is 13.0. The zero-order valence-electron chi connectivity index (χ0n) is 15.8. The first-order valence-electron chi connectivity index (χ1n) is 9.42. The Hall–Kier alpha value is -2.89. The van der Waals surface area contributed by atoms with E-state index in [1.807, 2.05) is 40.1 Å². The van der Waals surface area contributed by atoms with Crippen molar-refractivity contribution in [2.24, 2.45) is 0 Å². The summed E-state index contributed by atoms with van der Waals surface area (Å²) in [6.45, 7) is 6.68. The Morgan fingerprint density at radius 1 is 1.04 bits per heavy atom. The van der Waals surface area contributed by atoms with Crippen LogP contribution in [0.1, 0.15) is 29.9 Å². The van der Waals surface area contributed by atoms with Crippen molar-refractivity contribution >= 4 is 23.2 Å². The van der Waals surface area contributed by atoms with E-state index in [0.717, 1.165) is 44.0 Å². The Labute approximate surface area is 159 Å². The fraction of sp³-hybridized carbons (Fsp3) is 0.381. The first-order valence-corrected chi connectivity index (χ1v) is 9.42. The molecule has 6 heteroatoms. The zero-order valence-corrected chi connectivity index (χ0v) is 15.8. The van der Waals surface area contributed by atoms with Crippen molar-refractivity contribution < 1.29 is 9.59 Å². The molecule has 27 heavy (non-hydrogen) atoms. The van der Waals surface area contributed by atoms with Crippen LogP contribution in [0.4, 0.5) is 11.4 Å². The molecule has 3 heterocycles. The molecule has 140 valence electrons. The molecule has 0 saturated carbocycles. The average molecular weight is 364 g/mol. The summed E-state index contributed by atoms with van der Waals surface area (Å²) >= 11 is 0. The monoisotopic (exact) mass is 364 g/mol. The van der Waals surface area contributed by atoms with Gasteiger partial charge in [-0.1, -0.05) is 18.2 Å². The number of benzene rings is 1. The van der Waals surface area contributed by atoms with Gasteiger partial charge in [-0.25, -0.2) is 4.98 Å². The predicted octanol–water partition coefficient (Wildman–Crippen LogP) is 2.34. The van der Waals surface area contributed by atoms with E-state index >= 15 is 0 Å². The number of anilines is 2. The number of hydrogen-bond acceptors (Lipinski definition) is 4. The molecule has 0 N–H and O–H groups in total. The van der Waals surface area contributed by atoms with Gasteiger partial charge >= 0.3 is 0 Å². The fourth-order valence-electron chi connectivity index (χ4n) is 3.98. The highest BCUT2D eigenvalue weighted by atomic mass is 16.2. The molecular weight excluding hydrogens is 340 g/mol. The highest BCUT2D eigenvalue weighted by molar-refractivity contribution is 6.06. The summed E-state index contributed by atoms with van der Waals surface area (Å²) in [5.74, 6) is 0.0640. The van der Waals surface area contributed by atoms with Crippen molar-refractivity contribution in [2.45, 2.75) is 26.3 Å². The van der Waals surface area contributed by atoms with Gasteiger partial charge in [-0.05, 0) is 37.1 Å². The predicted molar refractivity (Wildman–Crippen MR) is 105 cm³/mol. The normalized spacial score (nSPS) is 19.2. The number of nitrogens with zero attached hydrogens (tertiary/aromatic N) is 4. The molecule has 1 fully saturated rings. The third-order valence-corrected chi connectivity index (χ3v) is 5.48. The lowest BCUT2D eigenvalue weighted by atomic mass is 10.1. The van der Waals surface area contributed by atoms with Crippen LogP contribution in [-0.2, 0) is 11.2 Å². The second-order valence-corrected chi connectivity index (χ2v) is 7.25. The Morgan fingerprint density at radius 2 is 1.78 bits per heavy atom. The van der Waals surface area contributed by atoms with Gasteiger partial charge in [0.05, 0.1) is 11.9 Å². The van der Waals surface area contributed by atoms with Crippen molar-refractivity contribution in [1.29, 1.82) is 0 Å². The molecule has 2 aliphatic rings. The van der Waals surface area contributed by atoms with Crippen LogP contribution >= 0.6 is 0 Å². The molecule has 0 radical (unpaired) electrons. The van der Waals surface area contributed by atoms with E-state index in [1.165, 1.54) is 5.56 Å². The lowest BCUT2D eigenvalue weighted by molar-refractivity contribution is -0.129. The number of aromatic nitrogens is 1. The second kappa shape index (κ2) is 7.02. The number of pyridine rings is 1. The third kappa shape index (κ3) is 3.27. The van der Waals surface area contributed by atoms with Crippen molar-refractivity contribution in [3.8, 4) is 0 Å². The zero-order chi connectivity index (χ0) is 19.0. The SMILES string of the molecule is CC(=O)N1CCN(c2ccc(C(=O)N3c4ccccc4CC3C)nc2)CC1. The second-order valence-electron chi connectivity index (χ2n) is 7.25. The molecule has 1 atom stereocenters. The van der Waals surface area contributed by atoms with Gasteiger partial charge in [0.15, 0.2) is 0 Å². The molecule has 2 amide bonds. The van der Waals surface area contributed by atoms with Gasteiger partial charge in [-0.3, -0.25) is 9.59 Å². The fourth-order valence-corrected chi connectivity index (χ4v) is 3.98. The lowest BCUT2D eigenvalue weighted by Crippen LogP contribution is -2.48. The maximum Gasteiger partial charge on any atom is 0.277 e. The first kappa shape index (κ1) is 17.5. The van der Waals surface area contributed by atoms with Crippen LogP contribution in [0.5, 0.6) is 0 Å². The number of para-hydroxylation sites is 1. The Morgan fingerprint density at radius 3 is 2.44 bits per heavy atom. The number of fused-ring (bicyclic) bond motifs is 1. The standard InChI is InChI=1S/C21H24N4O2/c1-15-13-17-5-3-4-6-20(17)25(15)21(27)19-8-7-18(14-22-19)24-11-9-23(10-12-24)16(2)26/h3-8,14-15H,9-13H2,1-2H3. The average Bonchev–Trinajstić information content (AvgIpc) is 3.03. The molecule has 0 bridgehead atoms. The Bertz CT molecular complexity index is 857. The molecular formula is C21H24N4O2. The molecule has 2 aromatic rings. The molecule has 4 rings (SSSR count). The largest absolute Gasteiger partial charge is 0.367 e. The van der Waals surface area contributed by atoms with E-state index in [2.05, 4.69) is 22.9 Å². The molecule has 6 nitrogen and oxygen atoms in total. The van der Waals surface area contributed by atoms with Crippen LogP contribution < -0.4 is 9.80 Å². The topological polar surface area (TPSA) is 56.8 Å². The first-order chi connectivity index (χ1) is 13.0. The van der Waals surface area contributed by atoms with E-state index in [1.54, 1.807) is 13.1 Å². The summed E-state index contributed by atoms with van der Waals surface area (Å²) in [6.07, 6.45) is 2.64. The van der Waals surface area contributed by atoms with Gasteiger partial charge in [0.2, 0.25) is 5.91 Å². The van der Waals surface area contributed by atoms with Gasteiger partial charge in [-0.15, -0.1) is 0 Å². The molecule has 1 saturated heterocycles. The number of rotatable bonds is 2. The summed E-state index contributed by atoms with van der Waals surface area (Å²) in [6, 6.07) is 12.0. The number of amides is 2. The molecule has 1 aromatic carbocycles. The van der Waals surface area contributed by atoms with Crippen molar-refractivity contribution in [3.63, 3.8) is 0 Å². The van der Waals surface area contributed by atoms with Gasteiger partial charge in [0.1, 0.15) is 5.69 Å². The van der Waals surface area contributed by atoms with Crippen LogP contribution in [0.15, 0.2) is 42.6 Å². The third-order valence-electron chi connectivity index (χ3n) is 5.48. The van der Waals surface area contributed by atoms with Crippen LogP contribution in [-0.4, -0.2) is 53.9 Å². The quantitative estimate of drug-likeness (QED) is 0.821. The van der Waals surface area contributed by atoms with Crippen LogP contribution in [0, 0.1) is 0 Å². The highest BCUT2D eigenvalue weighted by Gasteiger charge is 2.31. The highest BCUT2D eigenvalue weighted by Crippen LogP contribution is 2.33. The van der Waals surface area contributed by atoms with Crippen molar-refractivity contribution in [3.05, 3.63) is 53.9 Å². The van der Waals surface area contributed by atoms with E-state index in [9.17, 15) is 9.59 Å². The van der Waals surface area contributed by atoms with Gasteiger partial charge < -0.3 is 14.7 Å².